The summed E-state index contributed by atoms with van der Waals surface area (Å²) in [6.45, 7) is 0. The lowest BCUT2D eigenvalue weighted by atomic mass is 10.2. The van der Waals surface area contributed by atoms with Gasteiger partial charge in [-0.3, -0.25) is 0 Å². The van der Waals surface area contributed by atoms with Crippen molar-refractivity contribution in [3.05, 3.63) is 47.7 Å². The van der Waals surface area contributed by atoms with E-state index in [1.54, 1.807) is 24.3 Å². The maximum atomic E-state index is 11.7. The molecule has 0 spiro atoms. The van der Waals surface area contributed by atoms with E-state index in [1.807, 2.05) is 6.07 Å². The highest BCUT2D eigenvalue weighted by atomic mass is 16.5. The van der Waals surface area contributed by atoms with Gasteiger partial charge < -0.3 is 15.8 Å². The molecule has 0 amide bonds. The summed E-state index contributed by atoms with van der Waals surface area (Å²) in [5, 5.41) is 11.7. The molecule has 1 aromatic heterocycles. The van der Waals surface area contributed by atoms with Gasteiger partial charge in [-0.2, -0.15) is 5.26 Å². The van der Waals surface area contributed by atoms with E-state index in [4.69, 9.17) is 11.0 Å². The normalized spacial score (nSPS) is 9.60. The van der Waals surface area contributed by atoms with Gasteiger partial charge in [-0.15, -0.1) is 0 Å². The Kier molecular flexibility index (Phi) is 3.82. The highest BCUT2D eigenvalue weighted by Crippen LogP contribution is 2.21. The quantitative estimate of drug-likeness (QED) is 0.826. The second-order valence-electron chi connectivity index (χ2n) is 3.97. The predicted octanol–water partition coefficient (Wildman–Crippen LogP) is 2.07. The molecule has 6 nitrogen and oxygen atoms in total. The van der Waals surface area contributed by atoms with Crippen LogP contribution >= 0.6 is 0 Å². The fourth-order valence-electron chi connectivity index (χ4n) is 1.61. The van der Waals surface area contributed by atoms with E-state index in [1.165, 1.54) is 19.4 Å². The molecule has 20 heavy (non-hydrogen) atoms. The number of nitrogens with one attached hydrogen (secondary N) is 1. The summed E-state index contributed by atoms with van der Waals surface area (Å²) < 4.78 is 4.69. The number of nitrogen functional groups attached to an aromatic ring is 1. The number of benzene rings is 1. The number of carbonyl (C=O) groups excluding carboxylic acids is 1. The number of nitrogens with two attached hydrogens (primary N) is 1. The molecule has 0 aliphatic carbocycles. The summed E-state index contributed by atoms with van der Waals surface area (Å²) in [6, 6.07) is 10.3. The number of hydrogen-bond donors (Lipinski definition) is 2. The van der Waals surface area contributed by atoms with Gasteiger partial charge in [0, 0.05) is 5.69 Å². The van der Waals surface area contributed by atoms with E-state index in [0.29, 0.717) is 22.8 Å². The number of pyridine rings is 1. The Morgan fingerprint density at radius 3 is 2.70 bits per heavy atom. The number of nitrogens with zero attached hydrogens (tertiary/aromatic N) is 2. The molecule has 0 saturated carbocycles. The number of nitriles is 1. The fraction of sp³-hybridized carbons (Fsp3) is 0.0714. The van der Waals surface area contributed by atoms with Crippen LogP contribution in [0.2, 0.25) is 0 Å². The minimum Gasteiger partial charge on any atom is -0.465 e. The molecule has 6 heteroatoms. The van der Waals surface area contributed by atoms with Gasteiger partial charge in [-0.05, 0) is 30.3 Å². The molecule has 1 heterocycles. The van der Waals surface area contributed by atoms with Gasteiger partial charge in [0.25, 0.3) is 0 Å². The number of rotatable bonds is 3. The molecule has 0 unspecified atom stereocenters. The van der Waals surface area contributed by atoms with Crippen LogP contribution in [0.4, 0.5) is 17.2 Å². The van der Waals surface area contributed by atoms with Crippen LogP contribution in [0, 0.1) is 11.3 Å². The second kappa shape index (κ2) is 5.71. The van der Waals surface area contributed by atoms with E-state index in [2.05, 4.69) is 15.0 Å². The first-order valence-corrected chi connectivity index (χ1v) is 5.75. The molecule has 100 valence electrons. The third-order valence-electron chi connectivity index (χ3n) is 2.59. The Balaban J connectivity index is 2.32. The smallest absolute Gasteiger partial charge is 0.341 e. The van der Waals surface area contributed by atoms with Crippen LogP contribution in [0.5, 0.6) is 0 Å². The van der Waals surface area contributed by atoms with Crippen LogP contribution < -0.4 is 11.1 Å². The van der Waals surface area contributed by atoms with Crippen LogP contribution in [0.15, 0.2) is 36.5 Å². The number of anilines is 3. The van der Waals surface area contributed by atoms with Gasteiger partial charge in [-0.25, -0.2) is 9.78 Å². The van der Waals surface area contributed by atoms with Crippen molar-refractivity contribution in [2.24, 2.45) is 0 Å². The van der Waals surface area contributed by atoms with Crippen LogP contribution in [-0.2, 0) is 4.74 Å². The second-order valence-corrected chi connectivity index (χ2v) is 3.97. The Hall–Kier alpha value is -3.07. The van der Waals surface area contributed by atoms with Crippen LogP contribution in [0.3, 0.4) is 0 Å². The van der Waals surface area contributed by atoms with Crippen LogP contribution in [0.25, 0.3) is 0 Å². The SMILES string of the molecule is COC(=O)c1cc(N)cnc1Nc1ccc(C#N)cc1. The standard InChI is InChI=1S/C14H12N4O2/c1-20-14(19)12-6-10(16)8-17-13(12)18-11-4-2-9(7-15)3-5-11/h2-6,8H,16H2,1H3,(H,17,18). The van der Waals surface area contributed by atoms with Gasteiger partial charge in [0.15, 0.2) is 0 Å². The Labute approximate surface area is 115 Å². The average Bonchev–Trinajstić information content (AvgIpc) is 2.49. The highest BCUT2D eigenvalue weighted by Gasteiger charge is 2.14. The van der Waals surface area contributed by atoms with Crippen LogP contribution in [-0.4, -0.2) is 18.1 Å². The molecule has 3 N–H and O–H groups in total. The Morgan fingerprint density at radius 1 is 1.40 bits per heavy atom. The lowest BCUT2D eigenvalue weighted by molar-refractivity contribution is 0.0601. The Morgan fingerprint density at radius 2 is 2.10 bits per heavy atom. The third-order valence-corrected chi connectivity index (χ3v) is 2.59. The maximum Gasteiger partial charge on any atom is 0.341 e. The van der Waals surface area contributed by atoms with Crippen molar-refractivity contribution in [2.45, 2.75) is 0 Å². The maximum absolute atomic E-state index is 11.7. The van der Waals surface area contributed by atoms with Gasteiger partial charge in [-0.1, -0.05) is 0 Å². The van der Waals surface area contributed by atoms with Crippen LogP contribution in [0.1, 0.15) is 15.9 Å². The molecular weight excluding hydrogens is 256 g/mol. The number of hydrogen-bond acceptors (Lipinski definition) is 6. The molecule has 0 radical (unpaired) electrons. The van der Waals surface area contributed by atoms with Gasteiger partial charge >= 0.3 is 5.97 Å². The first kappa shape index (κ1) is 13.4. The molecule has 0 fully saturated rings. The lowest BCUT2D eigenvalue weighted by Crippen LogP contribution is -2.08. The van der Waals surface area contributed by atoms with Crippen molar-refractivity contribution in [3.8, 4) is 6.07 Å². The van der Waals surface area contributed by atoms with E-state index < -0.39 is 5.97 Å². The third kappa shape index (κ3) is 2.84. The number of carbonyl (C=O) groups is 1. The molecular formula is C14H12N4O2. The summed E-state index contributed by atoms with van der Waals surface area (Å²) in [5.74, 6) is -0.184. The first-order chi connectivity index (χ1) is 9.63. The molecule has 2 aromatic rings. The monoisotopic (exact) mass is 268 g/mol. The first-order valence-electron chi connectivity index (χ1n) is 5.75. The zero-order valence-electron chi connectivity index (χ0n) is 10.8. The average molecular weight is 268 g/mol. The summed E-state index contributed by atoms with van der Waals surface area (Å²) in [4.78, 5) is 15.8. The highest BCUT2D eigenvalue weighted by molar-refractivity contribution is 5.96. The summed E-state index contributed by atoms with van der Waals surface area (Å²) in [5.41, 5.74) is 7.49. The van der Waals surface area contributed by atoms with Gasteiger partial charge in [0.1, 0.15) is 11.4 Å². The van der Waals surface area contributed by atoms with E-state index >= 15 is 0 Å². The number of ether oxygens (including phenoxy) is 1. The van der Waals surface area contributed by atoms with E-state index in [9.17, 15) is 4.79 Å². The molecule has 0 atom stereocenters. The van der Waals surface area contributed by atoms with Gasteiger partial charge in [0.05, 0.1) is 30.6 Å². The van der Waals surface area contributed by atoms with Crippen molar-refractivity contribution < 1.29 is 9.53 Å². The Bertz CT molecular complexity index is 675. The predicted molar refractivity (Wildman–Crippen MR) is 74.4 cm³/mol. The molecule has 1 aromatic carbocycles. The van der Waals surface area contributed by atoms with Crippen molar-refractivity contribution >= 4 is 23.2 Å². The summed E-state index contributed by atoms with van der Waals surface area (Å²) in [6.07, 6.45) is 1.44. The number of aromatic nitrogens is 1. The fourth-order valence-corrected chi connectivity index (χ4v) is 1.61. The molecule has 0 saturated heterocycles. The van der Waals surface area contributed by atoms with Crippen molar-refractivity contribution in [2.75, 3.05) is 18.2 Å². The van der Waals surface area contributed by atoms with E-state index in [0.717, 1.165) is 0 Å². The van der Waals surface area contributed by atoms with Crippen molar-refractivity contribution in [1.29, 1.82) is 5.26 Å². The van der Waals surface area contributed by atoms with Gasteiger partial charge in [0.2, 0.25) is 0 Å². The topological polar surface area (TPSA) is 101 Å². The van der Waals surface area contributed by atoms with Crippen molar-refractivity contribution in [1.82, 2.24) is 4.98 Å². The van der Waals surface area contributed by atoms with E-state index in [-0.39, 0.29) is 5.56 Å². The molecule has 0 aliphatic heterocycles. The largest absolute Gasteiger partial charge is 0.465 e. The minimum absolute atomic E-state index is 0.247. The zero-order chi connectivity index (χ0) is 14.5. The number of methoxy groups -OCH3 is 1. The zero-order valence-corrected chi connectivity index (χ0v) is 10.8. The molecule has 0 bridgehead atoms. The minimum atomic E-state index is -0.527. The summed E-state index contributed by atoms with van der Waals surface area (Å²) >= 11 is 0. The summed E-state index contributed by atoms with van der Waals surface area (Å²) in [7, 11) is 1.29. The molecule has 0 aliphatic rings. The number of esters is 1. The van der Waals surface area contributed by atoms with Crippen molar-refractivity contribution in [3.63, 3.8) is 0 Å². The molecule has 2 rings (SSSR count). The lowest BCUT2D eigenvalue weighted by Gasteiger charge is -2.10.